The Labute approximate surface area is 85.7 Å². The number of aryl methyl sites for hydroxylation is 2. The maximum Gasteiger partial charge on any atom is 0.0300 e. The van der Waals surface area contributed by atoms with Crippen molar-refractivity contribution >= 4 is 12.4 Å². The standard InChI is InChI=1S/C11H15N.ClH/c1-2-8-3-4-9-5-6-11(12)10(9)7-8;/h3-4,7,11H,2,5-6,12H2,1H3;1H/t11-;/m1./s1. The average Bonchev–Trinajstić information content (AvgIpc) is 2.47. The number of hydrogen-bond donors (Lipinski definition) is 1. The maximum absolute atomic E-state index is 5.97. The van der Waals surface area contributed by atoms with Gasteiger partial charge in [-0.15, -0.1) is 12.4 Å². The first kappa shape index (κ1) is 10.6. The van der Waals surface area contributed by atoms with Crippen LogP contribution >= 0.6 is 12.4 Å². The summed E-state index contributed by atoms with van der Waals surface area (Å²) in [7, 11) is 0. The molecule has 2 N–H and O–H groups in total. The van der Waals surface area contributed by atoms with Gasteiger partial charge in [0.1, 0.15) is 0 Å². The van der Waals surface area contributed by atoms with Crippen LogP contribution in [0, 0.1) is 0 Å². The second-order valence-corrected chi connectivity index (χ2v) is 3.53. The van der Waals surface area contributed by atoms with Gasteiger partial charge in [-0.3, -0.25) is 0 Å². The molecule has 13 heavy (non-hydrogen) atoms. The van der Waals surface area contributed by atoms with Crippen molar-refractivity contribution in [3.8, 4) is 0 Å². The smallest absolute Gasteiger partial charge is 0.0300 e. The third kappa shape index (κ3) is 1.87. The minimum atomic E-state index is 0. The van der Waals surface area contributed by atoms with E-state index < -0.39 is 0 Å². The lowest BCUT2D eigenvalue weighted by molar-refractivity contribution is 0.713. The quantitative estimate of drug-likeness (QED) is 0.736. The molecule has 1 aliphatic rings. The van der Waals surface area contributed by atoms with Gasteiger partial charge in [-0.2, -0.15) is 0 Å². The molecule has 0 spiro atoms. The molecular weight excluding hydrogens is 182 g/mol. The van der Waals surface area contributed by atoms with Crippen LogP contribution in [0.1, 0.15) is 36.1 Å². The lowest BCUT2D eigenvalue weighted by atomic mass is 10.0. The molecule has 1 nitrogen and oxygen atoms in total. The molecule has 0 aliphatic heterocycles. The Bertz CT molecular complexity index is 296. The van der Waals surface area contributed by atoms with Gasteiger partial charge in [-0.05, 0) is 36.0 Å². The molecule has 0 saturated heterocycles. The highest BCUT2D eigenvalue weighted by molar-refractivity contribution is 5.85. The first-order valence-electron chi connectivity index (χ1n) is 4.68. The van der Waals surface area contributed by atoms with E-state index in [0.717, 1.165) is 12.8 Å². The van der Waals surface area contributed by atoms with Crippen molar-refractivity contribution in [2.75, 3.05) is 0 Å². The van der Waals surface area contributed by atoms with Crippen molar-refractivity contribution in [1.82, 2.24) is 0 Å². The van der Waals surface area contributed by atoms with Crippen LogP contribution in [-0.2, 0) is 12.8 Å². The van der Waals surface area contributed by atoms with Crippen molar-refractivity contribution in [3.63, 3.8) is 0 Å². The normalized spacial score (nSPS) is 19.4. The number of hydrogen-bond acceptors (Lipinski definition) is 1. The van der Waals surface area contributed by atoms with Gasteiger partial charge in [0.2, 0.25) is 0 Å². The summed E-state index contributed by atoms with van der Waals surface area (Å²) in [5.41, 5.74) is 10.2. The van der Waals surface area contributed by atoms with E-state index in [1.54, 1.807) is 0 Å². The van der Waals surface area contributed by atoms with Gasteiger partial charge in [0.15, 0.2) is 0 Å². The third-order valence-corrected chi connectivity index (χ3v) is 2.74. The van der Waals surface area contributed by atoms with E-state index in [0.29, 0.717) is 6.04 Å². The number of rotatable bonds is 1. The Kier molecular flexibility index (Phi) is 3.34. The van der Waals surface area contributed by atoms with E-state index in [4.69, 9.17) is 5.73 Å². The molecule has 0 saturated carbocycles. The molecule has 1 aromatic rings. The fourth-order valence-electron chi connectivity index (χ4n) is 1.90. The van der Waals surface area contributed by atoms with Crippen molar-refractivity contribution in [2.24, 2.45) is 5.73 Å². The molecule has 0 bridgehead atoms. The number of nitrogens with two attached hydrogens (primary N) is 1. The Morgan fingerprint density at radius 2 is 2.23 bits per heavy atom. The summed E-state index contributed by atoms with van der Waals surface area (Å²) in [6.07, 6.45) is 3.41. The van der Waals surface area contributed by atoms with Crippen LogP contribution in [0.3, 0.4) is 0 Å². The molecule has 0 aromatic heterocycles. The van der Waals surface area contributed by atoms with Crippen molar-refractivity contribution in [2.45, 2.75) is 32.2 Å². The van der Waals surface area contributed by atoms with Crippen LogP contribution in [-0.4, -0.2) is 0 Å². The zero-order valence-electron chi connectivity index (χ0n) is 7.92. The van der Waals surface area contributed by atoms with Crippen molar-refractivity contribution in [3.05, 3.63) is 34.9 Å². The van der Waals surface area contributed by atoms with Crippen molar-refractivity contribution < 1.29 is 0 Å². The van der Waals surface area contributed by atoms with E-state index >= 15 is 0 Å². The molecule has 1 aromatic carbocycles. The highest BCUT2D eigenvalue weighted by Gasteiger charge is 2.18. The molecule has 0 radical (unpaired) electrons. The van der Waals surface area contributed by atoms with E-state index in [2.05, 4.69) is 25.1 Å². The molecular formula is C11H16ClN. The second kappa shape index (κ2) is 4.12. The molecule has 0 amide bonds. The predicted molar refractivity (Wildman–Crippen MR) is 58.3 cm³/mol. The molecule has 0 fully saturated rings. The lowest BCUT2D eigenvalue weighted by Gasteiger charge is -2.06. The zero-order chi connectivity index (χ0) is 8.55. The van der Waals surface area contributed by atoms with Gasteiger partial charge >= 0.3 is 0 Å². The van der Waals surface area contributed by atoms with Crippen LogP contribution in [0.5, 0.6) is 0 Å². The summed E-state index contributed by atoms with van der Waals surface area (Å²) < 4.78 is 0. The second-order valence-electron chi connectivity index (χ2n) is 3.53. The number of halogens is 1. The monoisotopic (exact) mass is 197 g/mol. The van der Waals surface area contributed by atoms with Crippen LogP contribution in [0.2, 0.25) is 0 Å². The predicted octanol–water partition coefficient (Wildman–Crippen LogP) is 2.62. The molecule has 1 aliphatic carbocycles. The van der Waals surface area contributed by atoms with Crippen LogP contribution in [0.15, 0.2) is 18.2 Å². The van der Waals surface area contributed by atoms with Crippen LogP contribution in [0.4, 0.5) is 0 Å². The van der Waals surface area contributed by atoms with Crippen molar-refractivity contribution in [1.29, 1.82) is 0 Å². The summed E-state index contributed by atoms with van der Waals surface area (Å²) in [4.78, 5) is 0. The summed E-state index contributed by atoms with van der Waals surface area (Å²) in [5, 5.41) is 0. The molecule has 72 valence electrons. The molecule has 0 unspecified atom stereocenters. The Morgan fingerprint density at radius 1 is 1.46 bits per heavy atom. The number of fused-ring (bicyclic) bond motifs is 1. The van der Waals surface area contributed by atoms with Gasteiger partial charge in [-0.1, -0.05) is 25.1 Å². The first-order chi connectivity index (χ1) is 5.81. The highest BCUT2D eigenvalue weighted by atomic mass is 35.5. The molecule has 1 atom stereocenters. The van der Waals surface area contributed by atoms with Crippen LogP contribution in [0.25, 0.3) is 0 Å². The summed E-state index contributed by atoms with van der Waals surface area (Å²) in [6.45, 7) is 2.18. The first-order valence-corrected chi connectivity index (χ1v) is 4.68. The Morgan fingerprint density at radius 3 is 2.92 bits per heavy atom. The zero-order valence-corrected chi connectivity index (χ0v) is 8.73. The van der Waals surface area contributed by atoms with Gasteiger partial charge in [0, 0.05) is 6.04 Å². The molecule has 0 heterocycles. The minimum Gasteiger partial charge on any atom is -0.324 e. The maximum atomic E-state index is 5.97. The Hall–Kier alpha value is -0.530. The van der Waals surface area contributed by atoms with Gasteiger partial charge in [-0.25, -0.2) is 0 Å². The van der Waals surface area contributed by atoms with Gasteiger partial charge in [0.05, 0.1) is 0 Å². The Balaban J connectivity index is 0.000000845. The molecule has 2 rings (SSSR count). The van der Waals surface area contributed by atoms with E-state index in [-0.39, 0.29) is 12.4 Å². The van der Waals surface area contributed by atoms with E-state index in [1.165, 1.54) is 23.1 Å². The number of benzene rings is 1. The highest BCUT2D eigenvalue weighted by Crippen LogP contribution is 2.29. The summed E-state index contributed by atoms with van der Waals surface area (Å²) >= 11 is 0. The van der Waals surface area contributed by atoms with Gasteiger partial charge < -0.3 is 5.73 Å². The third-order valence-electron chi connectivity index (χ3n) is 2.74. The SMILES string of the molecule is CCc1ccc2c(c1)[C@H](N)CC2.Cl. The topological polar surface area (TPSA) is 26.0 Å². The fourth-order valence-corrected chi connectivity index (χ4v) is 1.90. The lowest BCUT2D eigenvalue weighted by Crippen LogP contribution is -2.05. The molecule has 2 heteroatoms. The largest absolute Gasteiger partial charge is 0.324 e. The van der Waals surface area contributed by atoms with Gasteiger partial charge in [0.25, 0.3) is 0 Å². The summed E-state index contributed by atoms with van der Waals surface area (Å²) in [5.74, 6) is 0. The van der Waals surface area contributed by atoms with E-state index in [1.807, 2.05) is 0 Å². The van der Waals surface area contributed by atoms with Crippen LogP contribution < -0.4 is 5.73 Å². The minimum absolute atomic E-state index is 0. The average molecular weight is 198 g/mol. The summed E-state index contributed by atoms with van der Waals surface area (Å²) in [6, 6.07) is 7.02. The van der Waals surface area contributed by atoms with E-state index in [9.17, 15) is 0 Å². The fraction of sp³-hybridized carbons (Fsp3) is 0.455.